The topological polar surface area (TPSA) is 93.2 Å². The van der Waals surface area contributed by atoms with Gasteiger partial charge in [-0.1, -0.05) is 5.92 Å². The fourth-order valence-corrected chi connectivity index (χ4v) is 1.92. The maximum atomic E-state index is 10.5. The molecule has 1 aromatic rings. The van der Waals surface area contributed by atoms with Gasteiger partial charge in [0.15, 0.2) is 0 Å². The van der Waals surface area contributed by atoms with E-state index in [-0.39, 0.29) is 12.2 Å². The Morgan fingerprint density at radius 3 is 3.16 bits per heavy atom. The van der Waals surface area contributed by atoms with Crippen molar-refractivity contribution in [3.63, 3.8) is 0 Å². The SMILES string of the molecule is C#CCSCCNCC(O)Cn1cc([N+](=O)[O-])cn1. The molecular formula is C11H16N4O3S. The first-order valence-electron chi connectivity index (χ1n) is 5.70. The summed E-state index contributed by atoms with van der Waals surface area (Å²) in [6.45, 7) is 1.38. The maximum absolute atomic E-state index is 10.5. The lowest BCUT2D eigenvalue weighted by atomic mass is 10.3. The number of rotatable bonds is 9. The molecule has 0 aliphatic rings. The van der Waals surface area contributed by atoms with Gasteiger partial charge in [-0.05, 0) is 0 Å². The largest absolute Gasteiger partial charge is 0.390 e. The zero-order chi connectivity index (χ0) is 14.1. The second kappa shape index (κ2) is 8.53. The number of nitro groups is 1. The first-order chi connectivity index (χ1) is 9.13. The van der Waals surface area contributed by atoms with E-state index in [1.54, 1.807) is 11.8 Å². The Labute approximate surface area is 115 Å². The summed E-state index contributed by atoms with van der Waals surface area (Å²) in [5.41, 5.74) is -0.0779. The van der Waals surface area contributed by atoms with Crippen LogP contribution in [0.5, 0.6) is 0 Å². The van der Waals surface area contributed by atoms with Crippen molar-refractivity contribution in [1.82, 2.24) is 15.1 Å². The number of terminal acetylenes is 1. The molecule has 104 valence electrons. The van der Waals surface area contributed by atoms with Crippen molar-refractivity contribution in [2.24, 2.45) is 0 Å². The summed E-state index contributed by atoms with van der Waals surface area (Å²) in [5, 5.41) is 27.1. The normalized spacial score (nSPS) is 12.0. The summed E-state index contributed by atoms with van der Waals surface area (Å²) >= 11 is 1.64. The van der Waals surface area contributed by atoms with Gasteiger partial charge in [0.2, 0.25) is 0 Å². The van der Waals surface area contributed by atoms with Crippen molar-refractivity contribution < 1.29 is 10.0 Å². The third-order valence-electron chi connectivity index (χ3n) is 2.22. The van der Waals surface area contributed by atoms with Crippen LogP contribution >= 0.6 is 11.8 Å². The molecule has 1 rings (SSSR count). The Morgan fingerprint density at radius 2 is 2.53 bits per heavy atom. The summed E-state index contributed by atoms with van der Waals surface area (Å²) < 4.78 is 1.36. The summed E-state index contributed by atoms with van der Waals surface area (Å²) in [6, 6.07) is 0. The highest BCUT2D eigenvalue weighted by Gasteiger charge is 2.11. The number of nitrogens with zero attached hydrogens (tertiary/aromatic N) is 3. The molecule has 0 bridgehead atoms. The summed E-state index contributed by atoms with van der Waals surface area (Å²) in [6.07, 6.45) is 6.93. The Hall–Kier alpha value is -1.56. The standard InChI is InChI=1S/C11H16N4O3S/c1-2-4-19-5-3-12-7-11(16)9-14-8-10(6-13-14)15(17)18/h1,6,8,11-12,16H,3-5,7,9H2. The van der Waals surface area contributed by atoms with E-state index < -0.39 is 11.0 Å². The molecule has 1 aromatic heterocycles. The number of aliphatic hydroxyl groups excluding tert-OH is 1. The van der Waals surface area contributed by atoms with Crippen LogP contribution in [0.25, 0.3) is 0 Å². The summed E-state index contributed by atoms with van der Waals surface area (Å²) in [4.78, 5) is 9.94. The second-order valence-corrected chi connectivity index (χ2v) is 4.90. The molecule has 1 atom stereocenters. The van der Waals surface area contributed by atoms with Gasteiger partial charge in [-0.3, -0.25) is 14.8 Å². The van der Waals surface area contributed by atoms with Crippen LogP contribution in [-0.4, -0.2) is 50.5 Å². The molecule has 7 nitrogen and oxygen atoms in total. The molecule has 19 heavy (non-hydrogen) atoms. The smallest absolute Gasteiger partial charge is 0.306 e. The molecule has 0 saturated heterocycles. The number of thioether (sulfide) groups is 1. The molecule has 0 aliphatic carbocycles. The van der Waals surface area contributed by atoms with Crippen LogP contribution in [0.15, 0.2) is 12.4 Å². The van der Waals surface area contributed by atoms with Gasteiger partial charge in [0.05, 0.1) is 23.3 Å². The molecular weight excluding hydrogens is 268 g/mol. The molecule has 0 aromatic carbocycles. The summed E-state index contributed by atoms with van der Waals surface area (Å²) in [5.74, 6) is 4.09. The Bertz CT molecular complexity index is 443. The molecule has 0 fully saturated rings. The molecule has 0 saturated carbocycles. The van der Waals surface area contributed by atoms with Crippen molar-refractivity contribution in [3.05, 3.63) is 22.5 Å². The van der Waals surface area contributed by atoms with Gasteiger partial charge in [0, 0.05) is 18.8 Å². The summed E-state index contributed by atoms with van der Waals surface area (Å²) in [7, 11) is 0. The second-order valence-electron chi connectivity index (χ2n) is 3.79. The van der Waals surface area contributed by atoms with Crippen LogP contribution in [-0.2, 0) is 6.54 Å². The van der Waals surface area contributed by atoms with E-state index in [1.807, 2.05) is 0 Å². The average Bonchev–Trinajstić information content (AvgIpc) is 2.82. The van der Waals surface area contributed by atoms with E-state index >= 15 is 0 Å². The van der Waals surface area contributed by atoms with Crippen LogP contribution < -0.4 is 5.32 Å². The van der Waals surface area contributed by atoms with E-state index in [9.17, 15) is 15.2 Å². The van der Waals surface area contributed by atoms with E-state index in [2.05, 4.69) is 16.3 Å². The third kappa shape index (κ3) is 6.24. The van der Waals surface area contributed by atoms with Gasteiger partial charge in [-0.15, -0.1) is 18.2 Å². The van der Waals surface area contributed by atoms with Crippen LogP contribution in [0, 0.1) is 22.5 Å². The van der Waals surface area contributed by atoms with Gasteiger partial charge >= 0.3 is 5.69 Å². The lowest BCUT2D eigenvalue weighted by molar-refractivity contribution is -0.385. The zero-order valence-electron chi connectivity index (χ0n) is 10.4. The van der Waals surface area contributed by atoms with Gasteiger partial charge in [-0.2, -0.15) is 5.10 Å². The lowest BCUT2D eigenvalue weighted by Crippen LogP contribution is -2.31. The predicted molar refractivity (Wildman–Crippen MR) is 73.9 cm³/mol. The number of aromatic nitrogens is 2. The fourth-order valence-electron chi connectivity index (χ4n) is 1.37. The van der Waals surface area contributed by atoms with Crippen molar-refractivity contribution >= 4 is 17.4 Å². The van der Waals surface area contributed by atoms with Crippen molar-refractivity contribution in [2.75, 3.05) is 24.6 Å². The Balaban J connectivity index is 2.18. The van der Waals surface area contributed by atoms with Crippen molar-refractivity contribution in [3.8, 4) is 12.3 Å². The highest BCUT2D eigenvalue weighted by Crippen LogP contribution is 2.07. The maximum Gasteiger partial charge on any atom is 0.306 e. The molecule has 0 spiro atoms. The molecule has 0 aliphatic heterocycles. The monoisotopic (exact) mass is 284 g/mol. The first-order valence-corrected chi connectivity index (χ1v) is 6.85. The Morgan fingerprint density at radius 1 is 1.74 bits per heavy atom. The van der Waals surface area contributed by atoms with Crippen molar-refractivity contribution in [1.29, 1.82) is 0 Å². The minimum atomic E-state index is -0.642. The lowest BCUT2D eigenvalue weighted by Gasteiger charge is -2.11. The van der Waals surface area contributed by atoms with Gasteiger partial charge in [0.25, 0.3) is 0 Å². The average molecular weight is 284 g/mol. The van der Waals surface area contributed by atoms with E-state index in [0.29, 0.717) is 12.3 Å². The van der Waals surface area contributed by atoms with E-state index in [4.69, 9.17) is 6.42 Å². The molecule has 0 radical (unpaired) electrons. The Kier molecular flexibility index (Phi) is 6.95. The quantitative estimate of drug-likeness (QED) is 0.289. The zero-order valence-corrected chi connectivity index (χ0v) is 11.2. The van der Waals surface area contributed by atoms with Crippen LogP contribution in [0.3, 0.4) is 0 Å². The van der Waals surface area contributed by atoms with E-state index in [1.165, 1.54) is 10.9 Å². The van der Waals surface area contributed by atoms with Crippen molar-refractivity contribution in [2.45, 2.75) is 12.6 Å². The highest BCUT2D eigenvalue weighted by molar-refractivity contribution is 7.99. The molecule has 8 heteroatoms. The minimum Gasteiger partial charge on any atom is -0.390 e. The minimum absolute atomic E-state index is 0.0779. The predicted octanol–water partition coefficient (Wildman–Crippen LogP) is 0.108. The van der Waals surface area contributed by atoms with Gasteiger partial charge in [-0.25, -0.2) is 0 Å². The molecule has 2 N–H and O–H groups in total. The third-order valence-corrected chi connectivity index (χ3v) is 3.08. The number of hydrogen-bond acceptors (Lipinski definition) is 6. The van der Waals surface area contributed by atoms with Crippen LogP contribution in [0.1, 0.15) is 0 Å². The van der Waals surface area contributed by atoms with Crippen LogP contribution in [0.4, 0.5) is 5.69 Å². The molecule has 1 heterocycles. The van der Waals surface area contributed by atoms with E-state index in [0.717, 1.165) is 18.5 Å². The molecule has 0 amide bonds. The highest BCUT2D eigenvalue weighted by atomic mass is 32.2. The van der Waals surface area contributed by atoms with Gasteiger partial charge in [0.1, 0.15) is 12.4 Å². The number of hydrogen-bond donors (Lipinski definition) is 2. The first kappa shape index (κ1) is 15.5. The van der Waals surface area contributed by atoms with Gasteiger partial charge < -0.3 is 10.4 Å². The number of aliphatic hydroxyl groups is 1. The van der Waals surface area contributed by atoms with Crippen LogP contribution in [0.2, 0.25) is 0 Å². The number of nitrogens with one attached hydrogen (secondary N) is 1. The fraction of sp³-hybridized carbons (Fsp3) is 0.545. The molecule has 1 unspecified atom stereocenters.